The van der Waals surface area contributed by atoms with Gasteiger partial charge in [0.15, 0.2) is 5.82 Å². The molecule has 3 rings (SSSR count). The number of anilines is 1. The molecule has 25 heavy (non-hydrogen) atoms. The molecule has 0 aliphatic rings. The largest absolute Gasteiger partial charge is 0.293 e. The minimum absolute atomic E-state index is 0.192. The van der Waals surface area contributed by atoms with E-state index in [4.69, 9.17) is 5.26 Å². The van der Waals surface area contributed by atoms with Crippen LogP contribution in [-0.2, 0) is 11.2 Å². The van der Waals surface area contributed by atoms with Crippen molar-refractivity contribution in [3.05, 3.63) is 65.2 Å². The van der Waals surface area contributed by atoms with Gasteiger partial charge in [-0.3, -0.25) is 15.2 Å². The van der Waals surface area contributed by atoms with E-state index in [9.17, 15) is 4.79 Å². The first-order chi connectivity index (χ1) is 12.2. The van der Waals surface area contributed by atoms with Crippen molar-refractivity contribution in [2.75, 3.05) is 5.32 Å². The van der Waals surface area contributed by atoms with Crippen LogP contribution in [0, 0.1) is 18.3 Å². The molecule has 0 spiro atoms. The number of aromatic amines is 1. The number of nitrogens with zero attached hydrogens (tertiary/aromatic N) is 3. The van der Waals surface area contributed by atoms with Crippen molar-refractivity contribution in [3.63, 3.8) is 0 Å². The van der Waals surface area contributed by atoms with Crippen LogP contribution in [0.5, 0.6) is 0 Å². The average Bonchev–Trinajstić information content (AvgIpc) is 3.09. The number of amides is 1. The number of hydrogen-bond acceptors (Lipinski definition) is 4. The zero-order valence-corrected chi connectivity index (χ0v) is 13.8. The van der Waals surface area contributed by atoms with Gasteiger partial charge in [0.2, 0.25) is 11.9 Å². The molecule has 0 radical (unpaired) electrons. The zero-order valence-electron chi connectivity index (χ0n) is 13.8. The highest BCUT2D eigenvalue weighted by atomic mass is 16.1. The van der Waals surface area contributed by atoms with Gasteiger partial charge in [0.05, 0.1) is 11.6 Å². The Hall–Kier alpha value is -3.46. The molecule has 0 unspecified atom stereocenters. The van der Waals surface area contributed by atoms with Crippen molar-refractivity contribution in [2.24, 2.45) is 0 Å². The summed E-state index contributed by atoms with van der Waals surface area (Å²) >= 11 is 0. The van der Waals surface area contributed by atoms with E-state index in [1.165, 1.54) is 0 Å². The first-order valence-corrected chi connectivity index (χ1v) is 7.93. The molecule has 0 aliphatic heterocycles. The Morgan fingerprint density at radius 2 is 1.96 bits per heavy atom. The zero-order chi connectivity index (χ0) is 17.6. The van der Waals surface area contributed by atoms with Crippen LogP contribution in [0.1, 0.15) is 23.1 Å². The SMILES string of the molecule is Cc1ccc(-c2nc(NC(=O)CCc3ccccc3C#N)n[nH]2)cc1. The lowest BCUT2D eigenvalue weighted by molar-refractivity contribution is -0.116. The first-order valence-electron chi connectivity index (χ1n) is 7.93. The second-order valence-corrected chi connectivity index (χ2v) is 5.69. The van der Waals surface area contributed by atoms with Gasteiger partial charge in [0.25, 0.3) is 0 Å². The van der Waals surface area contributed by atoms with Gasteiger partial charge in [-0.25, -0.2) is 0 Å². The number of benzene rings is 2. The quantitative estimate of drug-likeness (QED) is 0.750. The minimum atomic E-state index is -0.192. The number of hydrogen-bond donors (Lipinski definition) is 2. The summed E-state index contributed by atoms with van der Waals surface area (Å²) in [5.74, 6) is 0.654. The monoisotopic (exact) mass is 331 g/mol. The minimum Gasteiger partial charge on any atom is -0.293 e. The van der Waals surface area contributed by atoms with Crippen LogP contribution < -0.4 is 5.32 Å². The predicted octanol–water partition coefficient (Wildman–Crippen LogP) is 3.22. The van der Waals surface area contributed by atoms with Gasteiger partial charge in [-0.15, -0.1) is 5.10 Å². The van der Waals surface area contributed by atoms with Gasteiger partial charge < -0.3 is 0 Å². The molecule has 0 atom stereocenters. The van der Waals surface area contributed by atoms with Crippen molar-refractivity contribution >= 4 is 11.9 Å². The number of nitrogens with one attached hydrogen (secondary N) is 2. The summed E-state index contributed by atoms with van der Waals surface area (Å²) in [6, 6.07) is 17.3. The summed E-state index contributed by atoms with van der Waals surface area (Å²) < 4.78 is 0. The van der Waals surface area contributed by atoms with Crippen molar-refractivity contribution < 1.29 is 4.79 Å². The molecule has 124 valence electrons. The Kier molecular flexibility index (Phi) is 4.86. The maximum Gasteiger partial charge on any atom is 0.249 e. The number of aryl methyl sites for hydroxylation is 2. The van der Waals surface area contributed by atoms with E-state index in [-0.39, 0.29) is 18.3 Å². The molecule has 0 saturated heterocycles. The molecule has 0 bridgehead atoms. The molecule has 2 N–H and O–H groups in total. The predicted molar refractivity (Wildman–Crippen MR) is 94.7 cm³/mol. The molecule has 0 aliphatic carbocycles. The van der Waals surface area contributed by atoms with Crippen LogP contribution in [0.4, 0.5) is 5.95 Å². The summed E-state index contributed by atoms with van der Waals surface area (Å²) in [5, 5.41) is 18.6. The third-order valence-electron chi connectivity index (χ3n) is 3.82. The van der Waals surface area contributed by atoms with Crippen LogP contribution in [0.3, 0.4) is 0 Å². The molecular weight excluding hydrogens is 314 g/mol. The third kappa shape index (κ3) is 4.09. The molecule has 2 aromatic carbocycles. The van der Waals surface area contributed by atoms with Gasteiger partial charge >= 0.3 is 0 Å². The number of carbonyl (C=O) groups is 1. The van der Waals surface area contributed by atoms with Gasteiger partial charge in [-0.2, -0.15) is 10.2 Å². The number of aromatic nitrogens is 3. The Morgan fingerprint density at radius 3 is 2.72 bits per heavy atom. The molecule has 1 heterocycles. The lowest BCUT2D eigenvalue weighted by atomic mass is 10.0. The fourth-order valence-corrected chi connectivity index (χ4v) is 2.44. The van der Waals surface area contributed by atoms with E-state index in [0.717, 1.165) is 16.7 Å². The summed E-state index contributed by atoms with van der Waals surface area (Å²) in [6.45, 7) is 2.01. The van der Waals surface area contributed by atoms with Crippen LogP contribution in [0.2, 0.25) is 0 Å². The molecule has 0 saturated carbocycles. The van der Waals surface area contributed by atoms with E-state index in [1.54, 1.807) is 6.07 Å². The van der Waals surface area contributed by atoms with Crippen LogP contribution in [0.15, 0.2) is 48.5 Å². The van der Waals surface area contributed by atoms with Crippen molar-refractivity contribution in [1.29, 1.82) is 5.26 Å². The summed E-state index contributed by atoms with van der Waals surface area (Å²) in [7, 11) is 0. The molecule has 1 aromatic heterocycles. The Balaban J connectivity index is 1.60. The normalized spacial score (nSPS) is 10.2. The summed E-state index contributed by atoms with van der Waals surface area (Å²) in [5.41, 5.74) is 3.52. The van der Waals surface area contributed by atoms with E-state index in [2.05, 4.69) is 26.6 Å². The van der Waals surface area contributed by atoms with Gasteiger partial charge in [-0.1, -0.05) is 48.0 Å². The van der Waals surface area contributed by atoms with Gasteiger partial charge in [-0.05, 0) is 25.0 Å². The third-order valence-corrected chi connectivity index (χ3v) is 3.82. The molecule has 3 aromatic rings. The van der Waals surface area contributed by atoms with E-state index in [0.29, 0.717) is 17.8 Å². The highest BCUT2D eigenvalue weighted by Gasteiger charge is 2.10. The second-order valence-electron chi connectivity index (χ2n) is 5.69. The van der Waals surface area contributed by atoms with Gasteiger partial charge in [0, 0.05) is 12.0 Å². The average molecular weight is 331 g/mol. The summed E-state index contributed by atoms with van der Waals surface area (Å²) in [6.07, 6.45) is 0.748. The molecular formula is C19H17N5O. The Morgan fingerprint density at radius 1 is 1.20 bits per heavy atom. The standard InChI is InChI=1S/C19H17N5O/c1-13-6-8-15(9-7-13)18-22-19(24-23-18)21-17(25)11-10-14-4-2-3-5-16(14)12-20/h2-9H,10-11H2,1H3,(H2,21,22,23,24,25). The second kappa shape index (κ2) is 7.41. The highest BCUT2D eigenvalue weighted by Crippen LogP contribution is 2.16. The number of H-pyrrole nitrogens is 1. The van der Waals surface area contributed by atoms with Crippen molar-refractivity contribution in [2.45, 2.75) is 19.8 Å². The lowest BCUT2D eigenvalue weighted by Gasteiger charge is -2.03. The first kappa shape index (κ1) is 16.4. The Bertz CT molecular complexity index is 921. The van der Waals surface area contributed by atoms with Crippen LogP contribution in [-0.4, -0.2) is 21.1 Å². The topological polar surface area (TPSA) is 94.5 Å². The number of nitriles is 1. The van der Waals surface area contributed by atoms with Crippen LogP contribution in [0.25, 0.3) is 11.4 Å². The van der Waals surface area contributed by atoms with Crippen molar-refractivity contribution in [3.8, 4) is 17.5 Å². The maximum atomic E-state index is 12.1. The molecule has 1 amide bonds. The highest BCUT2D eigenvalue weighted by molar-refractivity contribution is 5.89. The molecule has 6 heteroatoms. The van der Waals surface area contributed by atoms with E-state index < -0.39 is 0 Å². The molecule has 6 nitrogen and oxygen atoms in total. The van der Waals surface area contributed by atoms with E-state index in [1.807, 2.05) is 49.4 Å². The fourth-order valence-electron chi connectivity index (χ4n) is 2.44. The Labute approximate surface area is 145 Å². The fraction of sp³-hybridized carbons (Fsp3) is 0.158. The smallest absolute Gasteiger partial charge is 0.249 e. The van der Waals surface area contributed by atoms with Crippen molar-refractivity contribution in [1.82, 2.24) is 15.2 Å². The number of carbonyl (C=O) groups excluding carboxylic acids is 1. The number of rotatable bonds is 5. The maximum absolute atomic E-state index is 12.1. The summed E-state index contributed by atoms with van der Waals surface area (Å²) in [4.78, 5) is 16.4. The van der Waals surface area contributed by atoms with Gasteiger partial charge in [0.1, 0.15) is 0 Å². The van der Waals surface area contributed by atoms with E-state index >= 15 is 0 Å². The molecule has 0 fully saturated rings. The van der Waals surface area contributed by atoms with Crippen LogP contribution >= 0.6 is 0 Å². The lowest BCUT2D eigenvalue weighted by Crippen LogP contribution is -2.13.